The summed E-state index contributed by atoms with van der Waals surface area (Å²) >= 11 is 3.60. The zero-order valence-corrected chi connectivity index (χ0v) is 8.56. The van der Waals surface area contributed by atoms with Gasteiger partial charge in [0.25, 0.3) is 0 Å². The summed E-state index contributed by atoms with van der Waals surface area (Å²) in [4.78, 5) is 11.4. The molecule has 0 spiro atoms. The van der Waals surface area contributed by atoms with E-state index in [4.69, 9.17) is 0 Å². The van der Waals surface area contributed by atoms with E-state index < -0.39 is 0 Å². The molecule has 0 aromatic heterocycles. The number of carbonyl (C=O) groups is 1. The molecule has 0 N–H and O–H groups in total. The van der Waals surface area contributed by atoms with E-state index in [1.165, 1.54) is 19.3 Å². The average Bonchev–Trinajstić information content (AvgIpc) is 2.31. The second-order valence-electron chi connectivity index (χ2n) is 3.52. The van der Waals surface area contributed by atoms with Crippen LogP contribution in [0, 0.1) is 5.92 Å². The second kappa shape index (κ2) is 4.24. The van der Waals surface area contributed by atoms with Crippen molar-refractivity contribution in [1.82, 2.24) is 0 Å². The molecule has 0 unspecified atom stereocenters. The van der Waals surface area contributed by atoms with Crippen LogP contribution in [-0.4, -0.2) is 10.6 Å². The Morgan fingerprint density at radius 2 is 2.27 bits per heavy atom. The topological polar surface area (TPSA) is 17.1 Å². The fourth-order valence-electron chi connectivity index (χ4n) is 1.68. The second-order valence-corrected chi connectivity index (χ2v) is 4.81. The minimum Gasteiger partial charge on any atom is -0.300 e. The van der Waals surface area contributed by atoms with Gasteiger partial charge in [0, 0.05) is 11.2 Å². The third-order valence-corrected chi connectivity index (χ3v) is 3.21. The van der Waals surface area contributed by atoms with Gasteiger partial charge in [0.05, 0.1) is 0 Å². The monoisotopic (exact) mass is 218 g/mol. The molecule has 2 heteroatoms. The Balaban J connectivity index is 2.13. The minimum atomic E-state index is 0.336. The van der Waals surface area contributed by atoms with Crippen molar-refractivity contribution >= 4 is 21.7 Å². The van der Waals surface area contributed by atoms with Crippen molar-refractivity contribution in [2.75, 3.05) is 0 Å². The van der Waals surface area contributed by atoms with E-state index in [9.17, 15) is 4.79 Å². The molecule has 64 valence electrons. The maximum absolute atomic E-state index is 10.7. The molecule has 2 atom stereocenters. The van der Waals surface area contributed by atoms with E-state index in [-0.39, 0.29) is 0 Å². The molecule has 1 rings (SSSR count). The number of alkyl halides is 1. The summed E-state index contributed by atoms with van der Waals surface area (Å²) in [6, 6.07) is 0. The Morgan fingerprint density at radius 1 is 1.55 bits per heavy atom. The van der Waals surface area contributed by atoms with Crippen molar-refractivity contribution in [1.29, 1.82) is 0 Å². The van der Waals surface area contributed by atoms with Gasteiger partial charge < -0.3 is 4.79 Å². The van der Waals surface area contributed by atoms with Crippen LogP contribution in [0.25, 0.3) is 0 Å². The van der Waals surface area contributed by atoms with Gasteiger partial charge in [-0.15, -0.1) is 0 Å². The lowest BCUT2D eigenvalue weighted by Gasteiger charge is -2.05. The Bertz CT molecular complexity index is 144. The van der Waals surface area contributed by atoms with Crippen LogP contribution in [0.15, 0.2) is 0 Å². The number of ketones is 1. The SMILES string of the molecule is CC(=O)CC[C@H]1CC[C@H](Br)C1. The molecule has 0 saturated heterocycles. The molecule has 1 fully saturated rings. The van der Waals surface area contributed by atoms with Crippen LogP contribution in [0.4, 0.5) is 0 Å². The third kappa shape index (κ3) is 3.37. The normalized spacial score (nSPS) is 30.7. The Kier molecular flexibility index (Phi) is 3.57. The molecular formula is C9H15BrO. The number of Topliss-reactive ketones (excluding diaryl/α,β-unsaturated/α-hetero) is 1. The summed E-state index contributed by atoms with van der Waals surface area (Å²) in [5.41, 5.74) is 0. The highest BCUT2D eigenvalue weighted by molar-refractivity contribution is 9.09. The van der Waals surface area contributed by atoms with Crippen molar-refractivity contribution in [2.24, 2.45) is 5.92 Å². The van der Waals surface area contributed by atoms with Gasteiger partial charge in [-0.2, -0.15) is 0 Å². The Hall–Kier alpha value is 0.150. The molecule has 1 nitrogen and oxygen atoms in total. The van der Waals surface area contributed by atoms with Crippen LogP contribution in [-0.2, 0) is 4.79 Å². The first kappa shape index (κ1) is 9.24. The van der Waals surface area contributed by atoms with Crippen LogP contribution < -0.4 is 0 Å². The number of hydrogen-bond donors (Lipinski definition) is 0. The molecule has 0 aliphatic heterocycles. The van der Waals surface area contributed by atoms with Crippen molar-refractivity contribution in [3.8, 4) is 0 Å². The van der Waals surface area contributed by atoms with Crippen LogP contribution in [0.3, 0.4) is 0 Å². The van der Waals surface area contributed by atoms with Gasteiger partial charge in [-0.25, -0.2) is 0 Å². The van der Waals surface area contributed by atoms with Crippen LogP contribution in [0.1, 0.15) is 39.0 Å². The van der Waals surface area contributed by atoms with Gasteiger partial charge in [0.2, 0.25) is 0 Å². The lowest BCUT2D eigenvalue weighted by Crippen LogP contribution is -1.99. The van der Waals surface area contributed by atoms with Gasteiger partial charge >= 0.3 is 0 Å². The molecule has 11 heavy (non-hydrogen) atoms. The van der Waals surface area contributed by atoms with Crippen molar-refractivity contribution < 1.29 is 4.79 Å². The van der Waals surface area contributed by atoms with Crippen molar-refractivity contribution in [3.63, 3.8) is 0 Å². The van der Waals surface area contributed by atoms with E-state index in [0.29, 0.717) is 5.78 Å². The summed E-state index contributed by atoms with van der Waals surface area (Å²) in [7, 11) is 0. The quantitative estimate of drug-likeness (QED) is 0.667. The molecule has 0 bridgehead atoms. The molecule has 0 amide bonds. The Labute approximate surface area is 76.7 Å². The molecule has 1 saturated carbocycles. The highest BCUT2D eigenvalue weighted by atomic mass is 79.9. The first-order valence-electron chi connectivity index (χ1n) is 4.32. The number of hydrogen-bond acceptors (Lipinski definition) is 1. The molecule has 0 heterocycles. The number of rotatable bonds is 3. The summed E-state index contributed by atoms with van der Waals surface area (Å²) < 4.78 is 0. The predicted molar refractivity (Wildman–Crippen MR) is 50.0 cm³/mol. The Morgan fingerprint density at radius 3 is 2.73 bits per heavy atom. The van der Waals surface area contributed by atoms with Gasteiger partial charge in [-0.05, 0) is 38.5 Å². The zero-order valence-electron chi connectivity index (χ0n) is 6.98. The fraction of sp³-hybridized carbons (Fsp3) is 0.889. The van der Waals surface area contributed by atoms with Gasteiger partial charge in [0.1, 0.15) is 5.78 Å². The van der Waals surface area contributed by atoms with E-state index >= 15 is 0 Å². The fourth-order valence-corrected chi connectivity index (χ4v) is 2.48. The molecular weight excluding hydrogens is 204 g/mol. The van der Waals surface area contributed by atoms with E-state index in [1.807, 2.05) is 0 Å². The lowest BCUT2D eigenvalue weighted by atomic mass is 10.0. The van der Waals surface area contributed by atoms with E-state index in [2.05, 4.69) is 15.9 Å². The van der Waals surface area contributed by atoms with Crippen LogP contribution in [0.2, 0.25) is 0 Å². The first-order valence-corrected chi connectivity index (χ1v) is 5.23. The lowest BCUT2D eigenvalue weighted by molar-refractivity contribution is -0.117. The summed E-state index contributed by atoms with van der Waals surface area (Å²) in [5.74, 6) is 1.14. The minimum absolute atomic E-state index is 0.336. The molecule has 0 aromatic carbocycles. The van der Waals surface area contributed by atoms with Crippen LogP contribution >= 0.6 is 15.9 Å². The summed E-state index contributed by atoms with van der Waals surface area (Å²) in [6.45, 7) is 1.68. The molecule has 0 aromatic rings. The first-order chi connectivity index (χ1) is 5.18. The summed E-state index contributed by atoms with van der Waals surface area (Å²) in [6.07, 6.45) is 5.76. The van der Waals surface area contributed by atoms with Crippen molar-refractivity contribution in [2.45, 2.75) is 43.9 Å². The molecule has 1 aliphatic rings. The van der Waals surface area contributed by atoms with E-state index in [0.717, 1.165) is 23.6 Å². The average molecular weight is 219 g/mol. The summed E-state index contributed by atoms with van der Waals surface area (Å²) in [5, 5.41) is 0. The van der Waals surface area contributed by atoms with Gasteiger partial charge in [-0.3, -0.25) is 0 Å². The highest BCUT2D eigenvalue weighted by Gasteiger charge is 2.22. The third-order valence-electron chi connectivity index (χ3n) is 2.38. The highest BCUT2D eigenvalue weighted by Crippen LogP contribution is 2.33. The predicted octanol–water partition coefficient (Wildman–Crippen LogP) is 2.92. The maximum atomic E-state index is 10.7. The zero-order chi connectivity index (χ0) is 8.27. The maximum Gasteiger partial charge on any atom is 0.129 e. The van der Waals surface area contributed by atoms with Gasteiger partial charge in [-0.1, -0.05) is 15.9 Å². The molecule has 1 aliphatic carbocycles. The van der Waals surface area contributed by atoms with E-state index in [1.54, 1.807) is 6.92 Å². The largest absolute Gasteiger partial charge is 0.300 e. The van der Waals surface area contributed by atoms with Crippen LogP contribution in [0.5, 0.6) is 0 Å². The van der Waals surface area contributed by atoms with Gasteiger partial charge in [0.15, 0.2) is 0 Å². The molecule has 0 radical (unpaired) electrons. The van der Waals surface area contributed by atoms with Crippen molar-refractivity contribution in [3.05, 3.63) is 0 Å². The standard InChI is InChI=1S/C9H15BrO/c1-7(11)2-3-8-4-5-9(10)6-8/h8-9H,2-6H2,1H3/t8-,9-/m0/s1. The number of carbonyl (C=O) groups excluding carboxylic acids is 1. The number of halogens is 1. The smallest absolute Gasteiger partial charge is 0.129 e.